The van der Waals surface area contributed by atoms with Gasteiger partial charge in [0, 0.05) is 11.6 Å². The molecule has 0 amide bonds. The monoisotopic (exact) mass is 294 g/mol. The summed E-state index contributed by atoms with van der Waals surface area (Å²) >= 11 is 12.1. The molecule has 0 aliphatic rings. The Bertz CT molecular complexity index is 636. The molecule has 98 valence electrons. The van der Waals surface area contributed by atoms with E-state index < -0.39 is 0 Å². The van der Waals surface area contributed by atoms with E-state index in [0.717, 1.165) is 5.56 Å². The number of halogens is 2. The summed E-state index contributed by atoms with van der Waals surface area (Å²) in [5.74, 6) is 1.02. The van der Waals surface area contributed by atoms with Crippen LogP contribution in [-0.4, -0.2) is 5.78 Å². The van der Waals surface area contributed by atoms with Crippen molar-refractivity contribution in [3.63, 3.8) is 0 Å². The summed E-state index contributed by atoms with van der Waals surface area (Å²) in [4.78, 5) is 11.3. The van der Waals surface area contributed by atoms with E-state index in [1.54, 1.807) is 24.3 Å². The van der Waals surface area contributed by atoms with E-state index in [9.17, 15) is 4.79 Å². The van der Waals surface area contributed by atoms with Crippen LogP contribution in [0.25, 0.3) is 0 Å². The van der Waals surface area contributed by atoms with Gasteiger partial charge in [-0.25, -0.2) is 0 Å². The maximum atomic E-state index is 11.3. The summed E-state index contributed by atoms with van der Waals surface area (Å²) in [6.07, 6.45) is 0. The van der Waals surface area contributed by atoms with E-state index in [2.05, 4.69) is 0 Å². The molecule has 0 N–H and O–H groups in total. The Morgan fingerprint density at radius 2 is 1.79 bits per heavy atom. The molecular weight excluding hydrogens is 283 g/mol. The van der Waals surface area contributed by atoms with E-state index in [4.69, 9.17) is 27.9 Å². The van der Waals surface area contributed by atoms with Crippen molar-refractivity contribution >= 4 is 29.0 Å². The Labute approximate surface area is 121 Å². The summed E-state index contributed by atoms with van der Waals surface area (Å²) < 4.78 is 5.65. The summed E-state index contributed by atoms with van der Waals surface area (Å²) in [6, 6.07) is 10.5. The minimum atomic E-state index is -0.0788. The SMILES string of the molecule is CC(=O)c1ccc(Oc2ccc(C)cc2Cl)cc1Cl. The van der Waals surface area contributed by atoms with Crippen LogP contribution in [0.2, 0.25) is 10.0 Å². The average Bonchev–Trinajstić information content (AvgIpc) is 2.32. The molecule has 0 saturated carbocycles. The summed E-state index contributed by atoms with van der Waals surface area (Å²) in [7, 11) is 0. The van der Waals surface area contributed by atoms with Crippen LogP contribution in [0.3, 0.4) is 0 Å². The van der Waals surface area contributed by atoms with Gasteiger partial charge in [-0.05, 0) is 43.7 Å². The molecule has 0 aliphatic carbocycles. The van der Waals surface area contributed by atoms with E-state index in [-0.39, 0.29) is 5.78 Å². The van der Waals surface area contributed by atoms with Gasteiger partial charge in [0.2, 0.25) is 0 Å². The lowest BCUT2D eigenvalue weighted by atomic mass is 10.1. The maximum absolute atomic E-state index is 11.3. The number of Topliss-reactive ketones (excluding diaryl/α,β-unsaturated/α-hetero) is 1. The Morgan fingerprint density at radius 1 is 1.05 bits per heavy atom. The minimum Gasteiger partial charge on any atom is -0.456 e. The number of carbonyl (C=O) groups excluding carboxylic acids is 1. The molecule has 2 nitrogen and oxygen atoms in total. The Hall–Kier alpha value is -1.51. The minimum absolute atomic E-state index is 0.0788. The highest BCUT2D eigenvalue weighted by molar-refractivity contribution is 6.34. The number of hydrogen-bond acceptors (Lipinski definition) is 2. The maximum Gasteiger partial charge on any atom is 0.161 e. The molecule has 0 radical (unpaired) electrons. The molecule has 4 heteroatoms. The zero-order chi connectivity index (χ0) is 14.0. The first-order chi connectivity index (χ1) is 8.97. The number of benzene rings is 2. The van der Waals surface area contributed by atoms with Crippen LogP contribution in [0, 0.1) is 6.92 Å². The molecule has 0 atom stereocenters. The van der Waals surface area contributed by atoms with Gasteiger partial charge in [0.05, 0.1) is 10.0 Å². The third-order valence-corrected chi connectivity index (χ3v) is 3.24. The second-order valence-electron chi connectivity index (χ2n) is 4.23. The van der Waals surface area contributed by atoms with E-state index in [1.165, 1.54) is 6.92 Å². The lowest BCUT2D eigenvalue weighted by Gasteiger charge is -2.09. The van der Waals surface area contributed by atoms with Crippen molar-refractivity contribution in [2.24, 2.45) is 0 Å². The largest absolute Gasteiger partial charge is 0.456 e. The topological polar surface area (TPSA) is 26.3 Å². The van der Waals surface area contributed by atoms with E-state index in [1.807, 2.05) is 19.1 Å². The number of ether oxygens (including phenoxy) is 1. The highest BCUT2D eigenvalue weighted by Gasteiger charge is 2.08. The van der Waals surface area contributed by atoms with Gasteiger partial charge in [-0.2, -0.15) is 0 Å². The fourth-order valence-corrected chi connectivity index (χ4v) is 2.24. The van der Waals surface area contributed by atoms with Crippen LogP contribution in [-0.2, 0) is 0 Å². The first kappa shape index (κ1) is 13.9. The molecule has 0 aromatic heterocycles. The van der Waals surface area contributed by atoms with Gasteiger partial charge >= 0.3 is 0 Å². The Morgan fingerprint density at radius 3 is 2.37 bits per heavy atom. The third kappa shape index (κ3) is 3.28. The lowest BCUT2D eigenvalue weighted by Crippen LogP contribution is -1.94. The molecule has 2 aromatic carbocycles. The first-order valence-corrected chi connectivity index (χ1v) is 6.47. The highest BCUT2D eigenvalue weighted by atomic mass is 35.5. The Balaban J connectivity index is 2.29. The predicted octanol–water partition coefficient (Wildman–Crippen LogP) is 5.30. The molecule has 2 rings (SSSR count). The van der Waals surface area contributed by atoms with Gasteiger partial charge in [-0.1, -0.05) is 29.3 Å². The van der Waals surface area contributed by atoms with Gasteiger partial charge in [-0.15, -0.1) is 0 Å². The van der Waals surface area contributed by atoms with Crippen LogP contribution >= 0.6 is 23.2 Å². The summed E-state index contributed by atoms with van der Waals surface area (Å²) in [5, 5.41) is 0.903. The summed E-state index contributed by atoms with van der Waals surface area (Å²) in [5.41, 5.74) is 1.53. The highest BCUT2D eigenvalue weighted by Crippen LogP contribution is 2.32. The normalized spacial score (nSPS) is 10.3. The van der Waals surface area contributed by atoms with Crippen LogP contribution in [0.5, 0.6) is 11.5 Å². The smallest absolute Gasteiger partial charge is 0.161 e. The second kappa shape index (κ2) is 5.64. The molecule has 19 heavy (non-hydrogen) atoms. The van der Waals surface area contributed by atoms with Crippen molar-refractivity contribution in [2.75, 3.05) is 0 Å². The van der Waals surface area contributed by atoms with Crippen LogP contribution < -0.4 is 4.74 Å². The standard InChI is InChI=1S/C15H12Cl2O2/c1-9-3-6-15(14(17)7-9)19-11-4-5-12(10(2)18)13(16)8-11/h3-8H,1-2H3. The van der Waals surface area contributed by atoms with Crippen molar-refractivity contribution in [1.29, 1.82) is 0 Å². The Kier molecular flexibility index (Phi) is 4.13. The van der Waals surface area contributed by atoms with Crippen LogP contribution in [0.15, 0.2) is 36.4 Å². The predicted molar refractivity (Wildman–Crippen MR) is 77.7 cm³/mol. The second-order valence-corrected chi connectivity index (χ2v) is 5.05. The molecule has 0 heterocycles. The van der Waals surface area contributed by atoms with Crippen LogP contribution in [0.1, 0.15) is 22.8 Å². The average molecular weight is 295 g/mol. The molecule has 0 saturated heterocycles. The van der Waals surface area contributed by atoms with Gasteiger partial charge in [-0.3, -0.25) is 4.79 Å². The van der Waals surface area contributed by atoms with Crippen molar-refractivity contribution in [3.8, 4) is 11.5 Å². The first-order valence-electron chi connectivity index (χ1n) is 5.72. The van der Waals surface area contributed by atoms with Gasteiger partial charge in [0.25, 0.3) is 0 Å². The zero-order valence-corrected chi connectivity index (χ0v) is 12.0. The van der Waals surface area contributed by atoms with Crippen molar-refractivity contribution < 1.29 is 9.53 Å². The number of carbonyl (C=O) groups is 1. The molecule has 2 aromatic rings. The summed E-state index contributed by atoms with van der Waals surface area (Å²) in [6.45, 7) is 3.42. The van der Waals surface area contributed by atoms with E-state index in [0.29, 0.717) is 27.1 Å². The fraction of sp³-hybridized carbons (Fsp3) is 0.133. The zero-order valence-electron chi connectivity index (χ0n) is 10.5. The lowest BCUT2D eigenvalue weighted by molar-refractivity contribution is 0.101. The van der Waals surface area contributed by atoms with Crippen molar-refractivity contribution in [1.82, 2.24) is 0 Å². The number of hydrogen-bond donors (Lipinski definition) is 0. The molecule has 0 aliphatic heterocycles. The molecule has 0 spiro atoms. The number of rotatable bonds is 3. The van der Waals surface area contributed by atoms with Gasteiger partial charge in [0.15, 0.2) is 5.78 Å². The van der Waals surface area contributed by atoms with E-state index >= 15 is 0 Å². The van der Waals surface area contributed by atoms with Gasteiger partial charge < -0.3 is 4.74 Å². The molecule has 0 bridgehead atoms. The van der Waals surface area contributed by atoms with Crippen molar-refractivity contribution in [3.05, 3.63) is 57.6 Å². The molecule has 0 unspecified atom stereocenters. The number of aryl methyl sites for hydroxylation is 1. The van der Waals surface area contributed by atoms with Crippen LogP contribution in [0.4, 0.5) is 0 Å². The molecular formula is C15H12Cl2O2. The molecule has 0 fully saturated rings. The van der Waals surface area contributed by atoms with Crippen molar-refractivity contribution in [2.45, 2.75) is 13.8 Å². The third-order valence-electron chi connectivity index (χ3n) is 2.64. The van der Waals surface area contributed by atoms with Gasteiger partial charge in [0.1, 0.15) is 11.5 Å². The number of ketones is 1. The fourth-order valence-electron chi connectivity index (χ4n) is 1.66. The quantitative estimate of drug-likeness (QED) is 0.718.